The summed E-state index contributed by atoms with van der Waals surface area (Å²) in [6.07, 6.45) is -2.55. The van der Waals surface area contributed by atoms with E-state index in [-0.39, 0.29) is 17.9 Å². The molecule has 1 aromatic carbocycles. The van der Waals surface area contributed by atoms with Crippen LogP contribution < -0.4 is 10.2 Å². The van der Waals surface area contributed by atoms with Gasteiger partial charge in [0.1, 0.15) is 6.04 Å². The maximum atomic E-state index is 13.6. The molecule has 136 valence electrons. The number of carbonyl (C=O) groups is 2. The Morgan fingerprint density at radius 1 is 1.16 bits per heavy atom. The Hall–Kier alpha value is -2.09. The Labute approximate surface area is 143 Å². The molecular formula is C17H20F3N3O2. The molecule has 2 aliphatic heterocycles. The fourth-order valence-electron chi connectivity index (χ4n) is 3.38. The Morgan fingerprint density at radius 3 is 2.52 bits per heavy atom. The summed E-state index contributed by atoms with van der Waals surface area (Å²) in [6, 6.07) is 3.96. The number of hydrogen-bond donors (Lipinski definition) is 1. The lowest BCUT2D eigenvalue weighted by molar-refractivity contribution is -0.158. The summed E-state index contributed by atoms with van der Waals surface area (Å²) in [5.74, 6) is -1.38. The largest absolute Gasteiger partial charge is 0.409 e. The number of rotatable bonds is 2. The molecule has 25 heavy (non-hydrogen) atoms. The zero-order valence-electron chi connectivity index (χ0n) is 13.7. The van der Waals surface area contributed by atoms with Gasteiger partial charge in [-0.15, -0.1) is 0 Å². The van der Waals surface area contributed by atoms with Crippen molar-refractivity contribution in [3.8, 4) is 0 Å². The maximum Gasteiger partial charge on any atom is 0.409 e. The number of benzene rings is 1. The molecule has 2 aliphatic rings. The molecule has 1 saturated heterocycles. The first-order valence-corrected chi connectivity index (χ1v) is 8.36. The lowest BCUT2D eigenvalue weighted by Gasteiger charge is -2.34. The maximum absolute atomic E-state index is 13.6. The number of halogens is 3. The normalized spacial score (nSPS) is 22.1. The van der Waals surface area contributed by atoms with Crippen molar-refractivity contribution in [2.75, 3.05) is 29.9 Å². The van der Waals surface area contributed by atoms with Crippen LogP contribution in [0.5, 0.6) is 0 Å². The van der Waals surface area contributed by atoms with Gasteiger partial charge >= 0.3 is 6.18 Å². The summed E-state index contributed by atoms with van der Waals surface area (Å²) in [5.41, 5.74) is 0.323. The van der Waals surface area contributed by atoms with Gasteiger partial charge in [0.2, 0.25) is 11.8 Å². The molecule has 5 nitrogen and oxygen atoms in total. The number of hydrogen-bond acceptors (Lipinski definition) is 3. The molecule has 1 atom stereocenters. The molecule has 1 aromatic rings. The second kappa shape index (κ2) is 7.03. The van der Waals surface area contributed by atoms with Gasteiger partial charge in [-0.25, -0.2) is 0 Å². The van der Waals surface area contributed by atoms with Gasteiger partial charge < -0.3 is 5.32 Å². The van der Waals surface area contributed by atoms with E-state index in [4.69, 9.17) is 0 Å². The zero-order chi connectivity index (χ0) is 18.0. The fourth-order valence-corrected chi connectivity index (χ4v) is 3.38. The van der Waals surface area contributed by atoms with E-state index in [2.05, 4.69) is 5.32 Å². The van der Waals surface area contributed by atoms with Gasteiger partial charge in [-0.05, 0) is 38.1 Å². The van der Waals surface area contributed by atoms with Crippen molar-refractivity contribution in [2.45, 2.75) is 37.9 Å². The molecule has 0 aromatic heterocycles. The minimum Gasteiger partial charge on any atom is -0.324 e. The number of likely N-dealkylation sites (tertiary alicyclic amines) is 1. The standard InChI is InChI=1S/C17H20F3N3O2/c18-17(19,20)14-10-15(24)21-12-6-2-3-7-13(12)23(14)16(25)11-22-8-4-1-5-9-22/h2-3,6-7,14H,1,4-5,8-11H2,(H,21,24)/t14-/m0/s1. The zero-order valence-corrected chi connectivity index (χ0v) is 13.7. The first-order chi connectivity index (χ1) is 11.9. The van der Waals surface area contributed by atoms with E-state index < -0.39 is 30.5 Å². The summed E-state index contributed by atoms with van der Waals surface area (Å²) < 4.78 is 40.8. The predicted molar refractivity (Wildman–Crippen MR) is 87.3 cm³/mol. The van der Waals surface area contributed by atoms with E-state index in [9.17, 15) is 22.8 Å². The van der Waals surface area contributed by atoms with E-state index in [0.717, 1.165) is 24.2 Å². The number of piperidine rings is 1. The van der Waals surface area contributed by atoms with Crippen LogP contribution in [0.1, 0.15) is 25.7 Å². The third-order valence-electron chi connectivity index (χ3n) is 4.58. The van der Waals surface area contributed by atoms with Crippen LogP contribution in [0.3, 0.4) is 0 Å². The monoisotopic (exact) mass is 355 g/mol. The lowest BCUT2D eigenvalue weighted by atomic mass is 10.1. The van der Waals surface area contributed by atoms with Crippen LogP contribution >= 0.6 is 0 Å². The number of nitrogens with one attached hydrogen (secondary N) is 1. The summed E-state index contributed by atoms with van der Waals surface area (Å²) >= 11 is 0. The minimum absolute atomic E-state index is 0.0743. The lowest BCUT2D eigenvalue weighted by Crippen LogP contribution is -2.52. The second-order valence-electron chi connectivity index (χ2n) is 6.43. The van der Waals surface area contributed by atoms with Crippen LogP contribution in [0.4, 0.5) is 24.5 Å². The first-order valence-electron chi connectivity index (χ1n) is 8.36. The summed E-state index contributed by atoms with van der Waals surface area (Å²) in [4.78, 5) is 27.3. The number of carbonyl (C=O) groups excluding carboxylic acids is 2. The van der Waals surface area contributed by atoms with Crippen molar-refractivity contribution in [3.05, 3.63) is 24.3 Å². The summed E-state index contributed by atoms with van der Waals surface area (Å²) in [6.45, 7) is 1.33. The van der Waals surface area contributed by atoms with Gasteiger partial charge in [0.25, 0.3) is 0 Å². The summed E-state index contributed by atoms with van der Waals surface area (Å²) in [5, 5.41) is 2.47. The Bertz CT molecular complexity index is 657. The van der Waals surface area contributed by atoms with Crippen LogP contribution in [0.15, 0.2) is 24.3 Å². The Kier molecular flexibility index (Phi) is 4.99. The molecule has 0 spiro atoms. The molecule has 1 fully saturated rings. The van der Waals surface area contributed by atoms with E-state index in [1.165, 1.54) is 12.1 Å². The molecule has 3 rings (SSSR count). The van der Waals surface area contributed by atoms with E-state index in [1.54, 1.807) is 12.1 Å². The smallest absolute Gasteiger partial charge is 0.324 e. The number of alkyl halides is 3. The van der Waals surface area contributed by atoms with Crippen LogP contribution in [0.25, 0.3) is 0 Å². The van der Waals surface area contributed by atoms with Crippen molar-refractivity contribution < 1.29 is 22.8 Å². The summed E-state index contributed by atoms with van der Waals surface area (Å²) in [7, 11) is 0. The molecule has 0 bridgehead atoms. The number of para-hydroxylation sites is 2. The average molecular weight is 355 g/mol. The van der Waals surface area contributed by atoms with E-state index in [0.29, 0.717) is 13.1 Å². The third kappa shape index (κ3) is 3.95. The highest BCUT2D eigenvalue weighted by atomic mass is 19.4. The quantitative estimate of drug-likeness (QED) is 0.888. The van der Waals surface area contributed by atoms with Gasteiger partial charge in [-0.1, -0.05) is 18.6 Å². The van der Waals surface area contributed by atoms with Crippen LogP contribution in [0.2, 0.25) is 0 Å². The first kappa shape index (κ1) is 17.7. The van der Waals surface area contributed by atoms with E-state index >= 15 is 0 Å². The van der Waals surface area contributed by atoms with Crippen molar-refractivity contribution in [2.24, 2.45) is 0 Å². The molecule has 2 heterocycles. The number of amides is 2. The number of anilines is 2. The highest BCUT2D eigenvalue weighted by molar-refractivity contribution is 6.05. The molecule has 0 unspecified atom stereocenters. The van der Waals surface area contributed by atoms with E-state index in [1.807, 2.05) is 4.90 Å². The molecule has 0 radical (unpaired) electrons. The predicted octanol–water partition coefficient (Wildman–Crippen LogP) is 2.78. The van der Waals surface area contributed by atoms with Gasteiger partial charge in [-0.3, -0.25) is 19.4 Å². The molecule has 2 amide bonds. The van der Waals surface area contributed by atoms with Gasteiger partial charge in [0.15, 0.2) is 0 Å². The van der Waals surface area contributed by atoms with Crippen molar-refractivity contribution >= 4 is 23.2 Å². The fraction of sp³-hybridized carbons (Fsp3) is 0.529. The molecular weight excluding hydrogens is 335 g/mol. The van der Waals surface area contributed by atoms with Gasteiger partial charge in [0, 0.05) is 0 Å². The van der Waals surface area contributed by atoms with Crippen molar-refractivity contribution in [1.29, 1.82) is 0 Å². The SMILES string of the molecule is O=C1C[C@@H](C(F)(F)F)N(C(=O)CN2CCCCC2)c2ccccc2N1. The highest BCUT2D eigenvalue weighted by Crippen LogP contribution is 2.37. The number of nitrogens with zero attached hydrogens (tertiary/aromatic N) is 2. The van der Waals surface area contributed by atoms with Gasteiger partial charge in [-0.2, -0.15) is 13.2 Å². The Balaban J connectivity index is 1.95. The van der Waals surface area contributed by atoms with Crippen molar-refractivity contribution in [3.63, 3.8) is 0 Å². The Morgan fingerprint density at radius 2 is 1.84 bits per heavy atom. The molecule has 0 aliphatic carbocycles. The second-order valence-corrected chi connectivity index (χ2v) is 6.43. The van der Waals surface area contributed by atoms with Crippen LogP contribution in [-0.2, 0) is 9.59 Å². The highest BCUT2D eigenvalue weighted by Gasteiger charge is 2.49. The molecule has 1 N–H and O–H groups in total. The van der Waals surface area contributed by atoms with Crippen LogP contribution in [-0.4, -0.2) is 48.6 Å². The molecule has 8 heteroatoms. The van der Waals surface area contributed by atoms with Crippen molar-refractivity contribution in [1.82, 2.24) is 4.90 Å². The third-order valence-corrected chi connectivity index (χ3v) is 4.58. The average Bonchev–Trinajstić information content (AvgIpc) is 2.71. The minimum atomic E-state index is -4.69. The topological polar surface area (TPSA) is 52.7 Å². The molecule has 0 saturated carbocycles. The van der Waals surface area contributed by atoms with Gasteiger partial charge in [0.05, 0.1) is 24.3 Å². The number of fused-ring (bicyclic) bond motifs is 1. The van der Waals surface area contributed by atoms with Crippen LogP contribution in [0, 0.1) is 0 Å².